The first-order valence-corrected chi connectivity index (χ1v) is 6.29. The first-order chi connectivity index (χ1) is 7.83. The maximum Gasteiger partial charge on any atom is 0.166 e. The molecule has 0 radical (unpaired) electrons. The van der Waals surface area contributed by atoms with Gasteiger partial charge in [0.15, 0.2) is 5.11 Å². The topological polar surface area (TPSA) is 24.1 Å². The van der Waals surface area contributed by atoms with Crippen molar-refractivity contribution in [2.45, 2.75) is 26.2 Å². The number of thiocarbonyl (C=S) groups is 1. The minimum atomic E-state index is 0.773. The second-order valence-corrected chi connectivity index (χ2v) is 4.18. The number of rotatable bonds is 6. The van der Waals surface area contributed by atoms with Gasteiger partial charge in [-0.2, -0.15) is 0 Å². The van der Waals surface area contributed by atoms with Crippen molar-refractivity contribution in [1.82, 2.24) is 10.6 Å². The van der Waals surface area contributed by atoms with Crippen LogP contribution in [0.4, 0.5) is 0 Å². The van der Waals surface area contributed by atoms with E-state index in [1.165, 1.54) is 5.56 Å². The SMILES string of the molecule is CCCNC(=S)NCCCc1ccccc1. The summed E-state index contributed by atoms with van der Waals surface area (Å²) in [5.41, 5.74) is 1.39. The fraction of sp³-hybridized carbons (Fsp3) is 0.462. The molecule has 1 rings (SSSR count). The summed E-state index contributed by atoms with van der Waals surface area (Å²) < 4.78 is 0. The Morgan fingerprint density at radius 1 is 1.12 bits per heavy atom. The lowest BCUT2D eigenvalue weighted by molar-refractivity contribution is 0.747. The third kappa shape index (κ3) is 5.71. The van der Waals surface area contributed by atoms with Crippen molar-refractivity contribution in [2.75, 3.05) is 13.1 Å². The molecule has 16 heavy (non-hydrogen) atoms. The number of benzene rings is 1. The highest BCUT2D eigenvalue weighted by atomic mass is 32.1. The smallest absolute Gasteiger partial charge is 0.166 e. The molecule has 0 aliphatic rings. The standard InChI is InChI=1S/C13H20N2S/c1-2-10-14-13(16)15-11-6-9-12-7-4-3-5-8-12/h3-5,7-8H,2,6,9-11H2,1H3,(H2,14,15,16). The summed E-state index contributed by atoms with van der Waals surface area (Å²) in [5.74, 6) is 0. The molecule has 0 aliphatic carbocycles. The fourth-order valence-corrected chi connectivity index (χ4v) is 1.64. The molecule has 0 saturated heterocycles. The summed E-state index contributed by atoms with van der Waals surface area (Å²) in [7, 11) is 0. The first-order valence-electron chi connectivity index (χ1n) is 5.88. The molecule has 3 heteroatoms. The molecule has 2 N–H and O–H groups in total. The van der Waals surface area contributed by atoms with Gasteiger partial charge in [0.25, 0.3) is 0 Å². The van der Waals surface area contributed by atoms with Gasteiger partial charge in [-0.25, -0.2) is 0 Å². The van der Waals surface area contributed by atoms with Gasteiger partial charge < -0.3 is 10.6 Å². The summed E-state index contributed by atoms with van der Waals surface area (Å²) in [6.45, 7) is 4.01. The van der Waals surface area contributed by atoms with Gasteiger partial charge in [-0.15, -0.1) is 0 Å². The third-order valence-electron chi connectivity index (χ3n) is 2.31. The fourth-order valence-electron chi connectivity index (χ4n) is 1.44. The van der Waals surface area contributed by atoms with Crippen LogP contribution in [0.5, 0.6) is 0 Å². The zero-order chi connectivity index (χ0) is 11.6. The predicted octanol–water partition coefficient (Wildman–Crippen LogP) is 2.49. The first kappa shape index (κ1) is 13.0. The van der Waals surface area contributed by atoms with Gasteiger partial charge in [-0.1, -0.05) is 37.3 Å². The van der Waals surface area contributed by atoms with Gasteiger partial charge in [0.1, 0.15) is 0 Å². The molecule has 0 aromatic heterocycles. The summed E-state index contributed by atoms with van der Waals surface area (Å²) in [6, 6.07) is 10.5. The van der Waals surface area contributed by atoms with E-state index in [0.29, 0.717) is 0 Å². The van der Waals surface area contributed by atoms with Crippen molar-refractivity contribution in [2.24, 2.45) is 0 Å². The lowest BCUT2D eigenvalue weighted by atomic mass is 10.1. The molecule has 0 heterocycles. The second kappa shape index (κ2) is 8.11. The molecular formula is C13H20N2S. The Morgan fingerprint density at radius 3 is 2.50 bits per heavy atom. The van der Waals surface area contributed by atoms with Gasteiger partial charge in [0.05, 0.1) is 0 Å². The highest BCUT2D eigenvalue weighted by Gasteiger charge is 1.94. The molecule has 2 nitrogen and oxygen atoms in total. The maximum absolute atomic E-state index is 5.13. The van der Waals surface area contributed by atoms with Crippen LogP contribution in [0, 0.1) is 0 Å². The molecule has 0 bridgehead atoms. The minimum absolute atomic E-state index is 0.773. The van der Waals surface area contributed by atoms with Crippen LogP contribution in [-0.4, -0.2) is 18.2 Å². The molecule has 0 saturated carbocycles. The average molecular weight is 236 g/mol. The normalized spacial score (nSPS) is 9.81. The Morgan fingerprint density at radius 2 is 1.81 bits per heavy atom. The Hall–Kier alpha value is -1.09. The molecule has 0 amide bonds. The molecule has 0 atom stereocenters. The highest BCUT2D eigenvalue weighted by molar-refractivity contribution is 7.80. The van der Waals surface area contributed by atoms with Crippen molar-refractivity contribution in [3.8, 4) is 0 Å². The zero-order valence-electron chi connectivity index (χ0n) is 9.83. The number of hydrogen-bond acceptors (Lipinski definition) is 1. The number of hydrogen-bond donors (Lipinski definition) is 2. The molecule has 88 valence electrons. The van der Waals surface area contributed by atoms with Crippen molar-refractivity contribution in [3.05, 3.63) is 35.9 Å². The third-order valence-corrected chi connectivity index (χ3v) is 2.59. The van der Waals surface area contributed by atoms with E-state index in [4.69, 9.17) is 12.2 Å². The van der Waals surface area contributed by atoms with Gasteiger partial charge in [-0.05, 0) is 37.0 Å². The van der Waals surface area contributed by atoms with E-state index in [1.807, 2.05) is 6.07 Å². The largest absolute Gasteiger partial charge is 0.363 e. The van der Waals surface area contributed by atoms with E-state index in [-0.39, 0.29) is 0 Å². The van der Waals surface area contributed by atoms with Crippen molar-refractivity contribution >= 4 is 17.3 Å². The molecule has 1 aromatic carbocycles. The molecule has 0 aliphatic heterocycles. The number of aryl methyl sites for hydroxylation is 1. The Kier molecular flexibility index (Phi) is 6.58. The van der Waals surface area contributed by atoms with E-state index in [2.05, 4.69) is 41.8 Å². The minimum Gasteiger partial charge on any atom is -0.363 e. The van der Waals surface area contributed by atoms with E-state index in [0.717, 1.165) is 37.5 Å². The maximum atomic E-state index is 5.13. The van der Waals surface area contributed by atoms with E-state index in [1.54, 1.807) is 0 Å². The van der Waals surface area contributed by atoms with Crippen LogP contribution < -0.4 is 10.6 Å². The Balaban J connectivity index is 2.06. The summed E-state index contributed by atoms with van der Waals surface area (Å²) in [5, 5.41) is 7.13. The van der Waals surface area contributed by atoms with Gasteiger partial charge in [0.2, 0.25) is 0 Å². The van der Waals surface area contributed by atoms with Gasteiger partial charge >= 0.3 is 0 Å². The van der Waals surface area contributed by atoms with Crippen LogP contribution in [0.1, 0.15) is 25.3 Å². The quantitative estimate of drug-likeness (QED) is 0.586. The highest BCUT2D eigenvalue weighted by Crippen LogP contribution is 2.01. The summed E-state index contributed by atoms with van der Waals surface area (Å²) in [6.07, 6.45) is 3.31. The molecule has 1 aromatic rings. The lowest BCUT2D eigenvalue weighted by Gasteiger charge is -2.09. The molecular weight excluding hydrogens is 216 g/mol. The van der Waals surface area contributed by atoms with E-state index < -0.39 is 0 Å². The molecule has 0 spiro atoms. The van der Waals surface area contributed by atoms with Crippen LogP contribution in [-0.2, 0) is 6.42 Å². The number of nitrogens with one attached hydrogen (secondary N) is 2. The van der Waals surface area contributed by atoms with Crippen molar-refractivity contribution in [1.29, 1.82) is 0 Å². The average Bonchev–Trinajstić information content (AvgIpc) is 2.33. The van der Waals surface area contributed by atoms with E-state index in [9.17, 15) is 0 Å². The predicted molar refractivity (Wildman–Crippen MR) is 73.7 cm³/mol. The van der Waals surface area contributed by atoms with Crippen molar-refractivity contribution < 1.29 is 0 Å². The molecule has 0 unspecified atom stereocenters. The van der Waals surface area contributed by atoms with Gasteiger partial charge in [0, 0.05) is 13.1 Å². The van der Waals surface area contributed by atoms with Crippen LogP contribution in [0.15, 0.2) is 30.3 Å². The zero-order valence-corrected chi connectivity index (χ0v) is 10.6. The van der Waals surface area contributed by atoms with Gasteiger partial charge in [-0.3, -0.25) is 0 Å². The van der Waals surface area contributed by atoms with Crippen LogP contribution in [0.3, 0.4) is 0 Å². The van der Waals surface area contributed by atoms with Crippen LogP contribution >= 0.6 is 12.2 Å². The molecule has 0 fully saturated rings. The van der Waals surface area contributed by atoms with E-state index >= 15 is 0 Å². The van der Waals surface area contributed by atoms with Crippen LogP contribution in [0.2, 0.25) is 0 Å². The second-order valence-electron chi connectivity index (χ2n) is 3.77. The summed E-state index contributed by atoms with van der Waals surface area (Å²) in [4.78, 5) is 0. The van der Waals surface area contributed by atoms with Crippen molar-refractivity contribution in [3.63, 3.8) is 0 Å². The van der Waals surface area contributed by atoms with Crippen LogP contribution in [0.25, 0.3) is 0 Å². The Labute approximate surface area is 103 Å². The Bertz CT molecular complexity index is 298. The monoisotopic (exact) mass is 236 g/mol. The summed E-state index contributed by atoms with van der Waals surface area (Å²) >= 11 is 5.13. The lowest BCUT2D eigenvalue weighted by Crippen LogP contribution is -2.36.